The Kier molecular flexibility index (Phi) is 2.86. The van der Waals surface area contributed by atoms with Crippen LogP contribution in [0.25, 0.3) is 0 Å². The van der Waals surface area contributed by atoms with Gasteiger partial charge in [-0.1, -0.05) is 6.42 Å². The zero-order chi connectivity index (χ0) is 12.8. The highest BCUT2D eigenvalue weighted by atomic mass is 16.7. The minimum atomic E-state index is -0.975. The van der Waals surface area contributed by atoms with Crippen LogP contribution in [0.2, 0.25) is 0 Å². The largest absolute Gasteiger partial charge is 0.343 e. The number of ether oxygens (including phenoxy) is 2. The first kappa shape index (κ1) is 12.0. The van der Waals surface area contributed by atoms with E-state index in [1.807, 2.05) is 0 Å². The van der Waals surface area contributed by atoms with E-state index in [0.29, 0.717) is 19.4 Å². The summed E-state index contributed by atoms with van der Waals surface area (Å²) < 4.78 is 10.7. The van der Waals surface area contributed by atoms with E-state index in [-0.39, 0.29) is 29.1 Å². The van der Waals surface area contributed by atoms with Crippen molar-refractivity contribution in [2.75, 3.05) is 6.61 Å². The second-order valence-electron chi connectivity index (χ2n) is 5.54. The minimum absolute atomic E-state index is 0.138. The first-order valence-corrected chi connectivity index (χ1v) is 6.58. The highest BCUT2D eigenvalue weighted by Gasteiger charge is 2.59. The molecule has 0 amide bonds. The van der Waals surface area contributed by atoms with Gasteiger partial charge in [-0.05, 0) is 12.8 Å². The SMILES string of the molecule is O=C1C[C@H](C2([N+](=O)[O-])CCCCC2)[C@@H]2CO[C@H]1O2. The molecular formula is C12H17NO5. The van der Waals surface area contributed by atoms with Crippen LogP contribution in [0.3, 0.4) is 0 Å². The fourth-order valence-electron chi connectivity index (χ4n) is 3.63. The van der Waals surface area contributed by atoms with E-state index in [2.05, 4.69) is 0 Å². The summed E-state index contributed by atoms with van der Waals surface area (Å²) in [5.74, 6) is -0.459. The Morgan fingerprint density at radius 2 is 2.00 bits per heavy atom. The molecule has 0 spiro atoms. The average Bonchev–Trinajstić information content (AvgIpc) is 2.80. The highest BCUT2D eigenvalue weighted by molar-refractivity contribution is 5.83. The highest BCUT2D eigenvalue weighted by Crippen LogP contribution is 2.45. The third kappa shape index (κ3) is 1.66. The molecule has 6 nitrogen and oxygen atoms in total. The molecule has 1 aliphatic carbocycles. The molecule has 0 aromatic rings. The molecule has 2 aliphatic heterocycles. The molecule has 3 rings (SSSR count). The van der Waals surface area contributed by atoms with E-state index >= 15 is 0 Å². The number of hydrogen-bond acceptors (Lipinski definition) is 5. The quantitative estimate of drug-likeness (QED) is 0.549. The van der Waals surface area contributed by atoms with Crippen molar-refractivity contribution in [1.82, 2.24) is 0 Å². The van der Waals surface area contributed by atoms with Gasteiger partial charge in [0.15, 0.2) is 5.78 Å². The van der Waals surface area contributed by atoms with E-state index in [9.17, 15) is 14.9 Å². The third-order valence-corrected chi connectivity index (χ3v) is 4.62. The second-order valence-corrected chi connectivity index (χ2v) is 5.54. The number of nitrogens with zero attached hydrogens (tertiary/aromatic N) is 1. The fraction of sp³-hybridized carbons (Fsp3) is 0.917. The predicted molar refractivity (Wildman–Crippen MR) is 60.5 cm³/mol. The number of carbonyl (C=O) groups excluding carboxylic acids is 1. The Labute approximate surface area is 105 Å². The van der Waals surface area contributed by atoms with Gasteiger partial charge in [0.1, 0.15) is 0 Å². The zero-order valence-corrected chi connectivity index (χ0v) is 10.2. The number of fused-ring (bicyclic) bond motifs is 2. The minimum Gasteiger partial charge on any atom is -0.343 e. The summed E-state index contributed by atoms with van der Waals surface area (Å²) in [4.78, 5) is 23.2. The van der Waals surface area contributed by atoms with Gasteiger partial charge in [-0.2, -0.15) is 0 Å². The molecule has 3 atom stereocenters. The van der Waals surface area contributed by atoms with Crippen LogP contribution >= 0.6 is 0 Å². The number of hydrogen-bond donors (Lipinski definition) is 0. The molecule has 3 fully saturated rings. The first-order chi connectivity index (χ1) is 8.63. The van der Waals surface area contributed by atoms with Gasteiger partial charge in [-0.15, -0.1) is 0 Å². The maximum atomic E-state index is 11.8. The Hall–Kier alpha value is -1.01. The summed E-state index contributed by atoms with van der Waals surface area (Å²) in [6.45, 7) is 0.316. The Morgan fingerprint density at radius 3 is 2.67 bits per heavy atom. The lowest BCUT2D eigenvalue weighted by atomic mass is 9.69. The molecule has 18 heavy (non-hydrogen) atoms. The number of Topliss-reactive ketones (excluding diaryl/α,β-unsaturated/α-hetero) is 1. The third-order valence-electron chi connectivity index (χ3n) is 4.62. The maximum Gasteiger partial charge on any atom is 0.228 e. The molecule has 100 valence electrons. The number of ketones is 1. The van der Waals surface area contributed by atoms with E-state index < -0.39 is 11.8 Å². The number of carbonyl (C=O) groups is 1. The maximum absolute atomic E-state index is 11.8. The molecule has 6 heteroatoms. The van der Waals surface area contributed by atoms with Gasteiger partial charge in [0, 0.05) is 24.2 Å². The second kappa shape index (κ2) is 4.28. The molecule has 1 saturated carbocycles. The van der Waals surface area contributed by atoms with Crippen LogP contribution in [0.1, 0.15) is 38.5 Å². The van der Waals surface area contributed by atoms with Crippen molar-refractivity contribution >= 4 is 5.78 Å². The van der Waals surface area contributed by atoms with Gasteiger partial charge in [0.25, 0.3) is 0 Å². The smallest absolute Gasteiger partial charge is 0.228 e. The van der Waals surface area contributed by atoms with Crippen LogP contribution in [0.15, 0.2) is 0 Å². The molecule has 0 aromatic carbocycles. The molecule has 2 bridgehead atoms. The fourth-order valence-corrected chi connectivity index (χ4v) is 3.63. The topological polar surface area (TPSA) is 78.7 Å². The molecule has 0 radical (unpaired) electrons. The van der Waals surface area contributed by atoms with Crippen LogP contribution in [0.4, 0.5) is 0 Å². The number of nitro groups is 1. The van der Waals surface area contributed by atoms with Gasteiger partial charge >= 0.3 is 0 Å². The van der Waals surface area contributed by atoms with Crippen molar-refractivity contribution in [2.24, 2.45) is 5.92 Å². The monoisotopic (exact) mass is 255 g/mol. The van der Waals surface area contributed by atoms with Gasteiger partial charge in [-0.3, -0.25) is 14.9 Å². The van der Waals surface area contributed by atoms with E-state index in [4.69, 9.17) is 9.47 Å². The van der Waals surface area contributed by atoms with Crippen molar-refractivity contribution in [3.05, 3.63) is 10.1 Å². The molecule has 2 saturated heterocycles. The Morgan fingerprint density at radius 1 is 1.28 bits per heavy atom. The molecule has 2 heterocycles. The summed E-state index contributed by atoms with van der Waals surface area (Å²) in [6.07, 6.45) is 3.07. The predicted octanol–water partition coefficient (Wildman–Crippen LogP) is 1.30. The van der Waals surface area contributed by atoms with E-state index in [1.165, 1.54) is 0 Å². The van der Waals surface area contributed by atoms with Gasteiger partial charge in [0.2, 0.25) is 11.8 Å². The summed E-state index contributed by atoms with van der Waals surface area (Å²) in [7, 11) is 0. The van der Waals surface area contributed by atoms with Crippen molar-refractivity contribution < 1.29 is 19.2 Å². The average molecular weight is 255 g/mol. The zero-order valence-electron chi connectivity index (χ0n) is 10.2. The first-order valence-electron chi connectivity index (χ1n) is 6.58. The summed E-state index contributed by atoms with van der Waals surface area (Å²) in [6, 6.07) is 0. The molecule has 0 aromatic heterocycles. The van der Waals surface area contributed by atoms with Crippen LogP contribution in [-0.2, 0) is 14.3 Å². The lowest BCUT2D eigenvalue weighted by Gasteiger charge is -2.39. The summed E-state index contributed by atoms with van der Waals surface area (Å²) >= 11 is 0. The van der Waals surface area contributed by atoms with Crippen LogP contribution in [0, 0.1) is 16.0 Å². The lowest BCUT2D eigenvalue weighted by Crippen LogP contribution is -2.55. The standard InChI is InChI=1S/C12H17NO5/c14-9-6-8(10-7-17-11(9)18-10)12(13(15)16)4-2-1-3-5-12/h8,10-11H,1-7H2/t8-,10-,11-/m0/s1. The van der Waals surface area contributed by atoms with E-state index in [1.54, 1.807) is 0 Å². The van der Waals surface area contributed by atoms with Crippen molar-refractivity contribution in [1.29, 1.82) is 0 Å². The lowest BCUT2D eigenvalue weighted by molar-refractivity contribution is -0.589. The number of rotatable bonds is 2. The van der Waals surface area contributed by atoms with Crippen molar-refractivity contribution in [2.45, 2.75) is 56.5 Å². The van der Waals surface area contributed by atoms with Gasteiger partial charge in [0.05, 0.1) is 18.6 Å². The van der Waals surface area contributed by atoms with Crippen LogP contribution in [0.5, 0.6) is 0 Å². The van der Waals surface area contributed by atoms with Crippen molar-refractivity contribution in [3.8, 4) is 0 Å². The molecule has 0 N–H and O–H groups in total. The molecule has 0 unspecified atom stereocenters. The van der Waals surface area contributed by atoms with Crippen LogP contribution in [-0.4, -0.2) is 35.2 Å². The van der Waals surface area contributed by atoms with Crippen LogP contribution < -0.4 is 0 Å². The molecular weight excluding hydrogens is 238 g/mol. The van der Waals surface area contributed by atoms with Gasteiger partial charge in [-0.25, -0.2) is 0 Å². The van der Waals surface area contributed by atoms with Crippen molar-refractivity contribution in [3.63, 3.8) is 0 Å². The Balaban J connectivity index is 1.90. The summed E-state index contributed by atoms with van der Waals surface area (Å²) in [5.41, 5.74) is -0.975. The molecule has 3 aliphatic rings. The normalized spacial score (nSPS) is 38.7. The Bertz CT molecular complexity index is 377. The summed E-state index contributed by atoms with van der Waals surface area (Å²) in [5, 5.41) is 11.6. The van der Waals surface area contributed by atoms with Gasteiger partial charge < -0.3 is 9.47 Å². The van der Waals surface area contributed by atoms with E-state index in [0.717, 1.165) is 19.3 Å².